The molecule has 0 saturated heterocycles. The molecule has 2 aromatic rings. The van der Waals surface area contributed by atoms with Crippen LogP contribution in [0.25, 0.3) is 11.3 Å². The number of nitrogens with zero attached hydrogens (tertiary/aromatic N) is 3. The van der Waals surface area contributed by atoms with E-state index in [1.165, 1.54) is 12.1 Å². The van der Waals surface area contributed by atoms with E-state index in [9.17, 15) is 4.39 Å². The smallest absolute Gasteiger partial charge is 0.130 e. The van der Waals surface area contributed by atoms with E-state index >= 15 is 0 Å². The molecule has 0 aliphatic heterocycles. The Kier molecular flexibility index (Phi) is 3.63. The minimum Gasteiger partial charge on any atom is -0.238 e. The maximum atomic E-state index is 12.9. The summed E-state index contributed by atoms with van der Waals surface area (Å²) in [4.78, 5) is 8.66. The van der Waals surface area contributed by atoms with Gasteiger partial charge in [-0.2, -0.15) is 5.26 Å². The SMILES string of the molecule is Cc1cc(-c2ccc(F)cc2)nc(CCC#N)n1. The highest BCUT2D eigenvalue weighted by atomic mass is 19.1. The van der Waals surface area contributed by atoms with Crippen molar-refractivity contribution >= 4 is 0 Å². The van der Waals surface area contributed by atoms with Crippen molar-refractivity contribution in [2.75, 3.05) is 0 Å². The molecule has 4 heteroatoms. The van der Waals surface area contributed by atoms with Crippen LogP contribution in [-0.2, 0) is 6.42 Å². The summed E-state index contributed by atoms with van der Waals surface area (Å²) in [6.07, 6.45) is 0.929. The summed E-state index contributed by atoms with van der Waals surface area (Å²) in [5.74, 6) is 0.380. The van der Waals surface area contributed by atoms with Gasteiger partial charge in [0.25, 0.3) is 0 Å². The number of benzene rings is 1. The Balaban J connectivity index is 2.36. The van der Waals surface area contributed by atoms with Gasteiger partial charge in [0.2, 0.25) is 0 Å². The third-order valence-corrected chi connectivity index (χ3v) is 2.50. The van der Waals surface area contributed by atoms with E-state index < -0.39 is 0 Å². The summed E-state index contributed by atoms with van der Waals surface area (Å²) in [5, 5.41) is 8.57. The molecular formula is C14H12FN3. The lowest BCUT2D eigenvalue weighted by molar-refractivity contribution is 0.628. The van der Waals surface area contributed by atoms with Crippen molar-refractivity contribution in [3.05, 3.63) is 47.7 Å². The van der Waals surface area contributed by atoms with Gasteiger partial charge in [-0.3, -0.25) is 0 Å². The molecule has 1 aromatic heterocycles. The van der Waals surface area contributed by atoms with Gasteiger partial charge in [-0.05, 0) is 37.3 Å². The first-order valence-electron chi connectivity index (χ1n) is 5.66. The van der Waals surface area contributed by atoms with Gasteiger partial charge in [0.1, 0.15) is 11.6 Å². The van der Waals surface area contributed by atoms with Crippen LogP contribution in [0.1, 0.15) is 17.9 Å². The zero-order valence-corrected chi connectivity index (χ0v) is 10.0. The van der Waals surface area contributed by atoms with Crippen LogP contribution >= 0.6 is 0 Å². The van der Waals surface area contributed by atoms with Crippen LogP contribution in [0.4, 0.5) is 4.39 Å². The normalized spacial score (nSPS) is 10.1. The molecule has 0 radical (unpaired) electrons. The van der Waals surface area contributed by atoms with Gasteiger partial charge < -0.3 is 0 Å². The van der Waals surface area contributed by atoms with Crippen molar-refractivity contribution in [2.45, 2.75) is 19.8 Å². The lowest BCUT2D eigenvalue weighted by atomic mass is 10.1. The van der Waals surface area contributed by atoms with Crippen molar-refractivity contribution in [3.63, 3.8) is 0 Å². The molecular weight excluding hydrogens is 229 g/mol. The molecule has 1 heterocycles. The summed E-state index contributed by atoms with van der Waals surface area (Å²) < 4.78 is 12.9. The van der Waals surface area contributed by atoms with Gasteiger partial charge in [-0.1, -0.05) is 0 Å². The first-order valence-corrected chi connectivity index (χ1v) is 5.66. The Labute approximate surface area is 105 Å². The molecule has 0 aliphatic carbocycles. The molecule has 2 rings (SSSR count). The highest BCUT2D eigenvalue weighted by Gasteiger charge is 2.05. The molecule has 0 aliphatic rings. The largest absolute Gasteiger partial charge is 0.238 e. The number of aryl methyl sites for hydroxylation is 2. The van der Waals surface area contributed by atoms with Crippen LogP contribution in [-0.4, -0.2) is 9.97 Å². The molecule has 0 spiro atoms. The Morgan fingerprint density at radius 2 is 1.94 bits per heavy atom. The van der Waals surface area contributed by atoms with Crippen LogP contribution in [0.15, 0.2) is 30.3 Å². The lowest BCUT2D eigenvalue weighted by Crippen LogP contribution is -1.99. The monoisotopic (exact) mass is 241 g/mol. The molecule has 0 fully saturated rings. The average Bonchev–Trinajstić information content (AvgIpc) is 2.36. The standard InChI is InChI=1S/C14H12FN3/c1-10-9-13(11-4-6-12(15)7-5-11)18-14(17-10)3-2-8-16/h4-7,9H,2-3H2,1H3. The molecule has 90 valence electrons. The molecule has 18 heavy (non-hydrogen) atoms. The van der Waals surface area contributed by atoms with E-state index in [1.807, 2.05) is 13.0 Å². The summed E-state index contributed by atoms with van der Waals surface area (Å²) in [5.41, 5.74) is 2.45. The van der Waals surface area contributed by atoms with Crippen LogP contribution in [0.3, 0.4) is 0 Å². The van der Waals surface area contributed by atoms with Crippen molar-refractivity contribution < 1.29 is 4.39 Å². The number of nitriles is 1. The van der Waals surface area contributed by atoms with Crippen LogP contribution in [0.5, 0.6) is 0 Å². The Hall–Kier alpha value is -2.28. The summed E-state index contributed by atoms with van der Waals surface area (Å²) in [6, 6.07) is 10.1. The molecule has 3 nitrogen and oxygen atoms in total. The fraction of sp³-hybridized carbons (Fsp3) is 0.214. The minimum atomic E-state index is -0.269. The molecule has 0 saturated carbocycles. The van der Waals surface area contributed by atoms with Gasteiger partial charge in [0.15, 0.2) is 0 Å². The first-order chi connectivity index (χ1) is 8.69. The number of halogens is 1. The van der Waals surface area contributed by atoms with Crippen LogP contribution in [0.2, 0.25) is 0 Å². The molecule has 0 N–H and O–H groups in total. The maximum Gasteiger partial charge on any atom is 0.130 e. The van der Waals surface area contributed by atoms with Crippen molar-refractivity contribution in [2.24, 2.45) is 0 Å². The topological polar surface area (TPSA) is 49.6 Å². The van der Waals surface area contributed by atoms with Crippen molar-refractivity contribution in [3.8, 4) is 17.3 Å². The molecule has 0 bridgehead atoms. The van der Waals surface area contributed by atoms with E-state index in [0.717, 1.165) is 17.0 Å². The molecule has 0 unspecified atom stereocenters. The summed E-state index contributed by atoms with van der Waals surface area (Å²) in [6.45, 7) is 1.88. The zero-order valence-electron chi connectivity index (χ0n) is 10.0. The van der Waals surface area contributed by atoms with Gasteiger partial charge in [-0.15, -0.1) is 0 Å². The number of hydrogen-bond donors (Lipinski definition) is 0. The van der Waals surface area contributed by atoms with Gasteiger partial charge in [0.05, 0.1) is 11.8 Å². The number of aromatic nitrogens is 2. The highest BCUT2D eigenvalue weighted by molar-refractivity contribution is 5.59. The molecule has 0 atom stereocenters. The second-order valence-electron chi connectivity index (χ2n) is 3.98. The predicted octanol–water partition coefficient (Wildman–Crippen LogP) is 3.05. The maximum absolute atomic E-state index is 12.9. The molecule has 1 aromatic carbocycles. The first kappa shape index (κ1) is 12.2. The quantitative estimate of drug-likeness (QED) is 0.829. The van der Waals surface area contributed by atoms with E-state index in [-0.39, 0.29) is 5.82 Å². The lowest BCUT2D eigenvalue weighted by Gasteiger charge is -2.05. The zero-order chi connectivity index (χ0) is 13.0. The number of rotatable bonds is 3. The second kappa shape index (κ2) is 5.37. The fourth-order valence-electron chi connectivity index (χ4n) is 1.68. The predicted molar refractivity (Wildman–Crippen MR) is 66.1 cm³/mol. The Morgan fingerprint density at radius 1 is 1.22 bits per heavy atom. The third kappa shape index (κ3) is 2.89. The second-order valence-corrected chi connectivity index (χ2v) is 3.98. The average molecular weight is 241 g/mol. The Bertz CT molecular complexity index is 585. The van der Waals surface area contributed by atoms with Gasteiger partial charge >= 0.3 is 0 Å². The van der Waals surface area contributed by atoms with Gasteiger partial charge in [-0.25, -0.2) is 14.4 Å². The molecule has 0 amide bonds. The summed E-state index contributed by atoms with van der Waals surface area (Å²) in [7, 11) is 0. The van der Waals surface area contributed by atoms with E-state index in [4.69, 9.17) is 5.26 Å². The number of hydrogen-bond acceptors (Lipinski definition) is 3. The minimum absolute atomic E-state index is 0.269. The van der Waals surface area contributed by atoms with Crippen molar-refractivity contribution in [1.82, 2.24) is 9.97 Å². The van der Waals surface area contributed by atoms with Gasteiger partial charge in [0, 0.05) is 24.1 Å². The van der Waals surface area contributed by atoms with E-state index in [0.29, 0.717) is 18.7 Å². The summed E-state index contributed by atoms with van der Waals surface area (Å²) >= 11 is 0. The highest BCUT2D eigenvalue weighted by Crippen LogP contribution is 2.18. The van der Waals surface area contributed by atoms with E-state index in [2.05, 4.69) is 16.0 Å². The van der Waals surface area contributed by atoms with E-state index in [1.54, 1.807) is 12.1 Å². The third-order valence-electron chi connectivity index (χ3n) is 2.50. The van der Waals surface area contributed by atoms with Crippen molar-refractivity contribution in [1.29, 1.82) is 5.26 Å². The van der Waals surface area contributed by atoms with Crippen LogP contribution < -0.4 is 0 Å². The fourth-order valence-corrected chi connectivity index (χ4v) is 1.68. The van der Waals surface area contributed by atoms with Crippen LogP contribution in [0, 0.1) is 24.1 Å². The Morgan fingerprint density at radius 3 is 2.61 bits per heavy atom.